The van der Waals surface area contributed by atoms with Crippen LogP contribution >= 0.6 is 23.4 Å². The summed E-state index contributed by atoms with van der Waals surface area (Å²) in [7, 11) is 1.48. The van der Waals surface area contributed by atoms with Gasteiger partial charge in [-0.2, -0.15) is 0 Å². The third-order valence-electron chi connectivity index (χ3n) is 4.70. The van der Waals surface area contributed by atoms with Crippen LogP contribution in [-0.2, 0) is 11.4 Å². The minimum atomic E-state index is -0.323. The zero-order valence-electron chi connectivity index (χ0n) is 16.8. The SMILES string of the molecule is CC[C@@H](C)N1C(=O)S/C(=C/c2cc(Cl)c(OCc3ccc(F)cc3)c(OC)c2)C1=O. The third kappa shape index (κ3) is 4.79. The van der Waals surface area contributed by atoms with Gasteiger partial charge in [0.1, 0.15) is 12.4 Å². The summed E-state index contributed by atoms with van der Waals surface area (Å²) < 4.78 is 24.2. The molecule has 0 aromatic heterocycles. The van der Waals surface area contributed by atoms with Crippen molar-refractivity contribution in [2.24, 2.45) is 0 Å². The highest BCUT2D eigenvalue weighted by molar-refractivity contribution is 8.18. The highest BCUT2D eigenvalue weighted by Crippen LogP contribution is 2.39. The van der Waals surface area contributed by atoms with Gasteiger partial charge in [-0.25, -0.2) is 4.39 Å². The molecule has 1 heterocycles. The van der Waals surface area contributed by atoms with Crippen LogP contribution in [0.25, 0.3) is 6.08 Å². The average molecular weight is 450 g/mol. The number of hydrogen-bond acceptors (Lipinski definition) is 5. The maximum atomic E-state index is 13.0. The Bertz CT molecular complexity index is 993. The maximum Gasteiger partial charge on any atom is 0.293 e. The molecular weight excluding hydrogens is 429 g/mol. The molecule has 3 rings (SSSR count). The quantitative estimate of drug-likeness (QED) is 0.492. The van der Waals surface area contributed by atoms with Crippen LogP contribution in [0.3, 0.4) is 0 Å². The van der Waals surface area contributed by atoms with Gasteiger partial charge in [0.25, 0.3) is 11.1 Å². The summed E-state index contributed by atoms with van der Waals surface area (Å²) in [6, 6.07) is 9.11. The predicted molar refractivity (Wildman–Crippen MR) is 116 cm³/mol. The first-order valence-corrected chi connectivity index (χ1v) is 10.5. The molecule has 0 aliphatic carbocycles. The summed E-state index contributed by atoms with van der Waals surface area (Å²) in [5.74, 6) is 0.0907. The van der Waals surface area contributed by atoms with Crippen molar-refractivity contribution < 1.29 is 23.5 Å². The van der Waals surface area contributed by atoms with E-state index in [0.717, 1.165) is 17.3 Å². The number of rotatable bonds is 7. The predicted octanol–water partition coefficient (Wildman–Crippen LogP) is 5.90. The summed E-state index contributed by atoms with van der Waals surface area (Å²) in [5, 5.41) is 0.0155. The van der Waals surface area contributed by atoms with Crippen LogP contribution in [0.2, 0.25) is 5.02 Å². The van der Waals surface area contributed by atoms with E-state index in [1.807, 2.05) is 13.8 Å². The summed E-state index contributed by atoms with van der Waals surface area (Å²) in [6.07, 6.45) is 2.30. The van der Waals surface area contributed by atoms with Gasteiger partial charge in [0.15, 0.2) is 11.5 Å². The zero-order chi connectivity index (χ0) is 21.8. The molecule has 0 spiro atoms. The molecule has 158 valence electrons. The van der Waals surface area contributed by atoms with Crippen LogP contribution < -0.4 is 9.47 Å². The van der Waals surface area contributed by atoms with Crippen LogP contribution in [0.5, 0.6) is 11.5 Å². The Morgan fingerprint density at radius 2 is 1.93 bits per heavy atom. The normalized spacial score (nSPS) is 16.3. The van der Waals surface area contributed by atoms with Gasteiger partial charge < -0.3 is 9.47 Å². The Balaban J connectivity index is 1.83. The van der Waals surface area contributed by atoms with Crippen LogP contribution in [0.15, 0.2) is 41.3 Å². The fraction of sp³-hybridized carbons (Fsp3) is 0.273. The molecule has 30 heavy (non-hydrogen) atoms. The molecule has 0 bridgehead atoms. The second-order valence-corrected chi connectivity index (χ2v) is 8.16. The van der Waals surface area contributed by atoms with Crippen LogP contribution in [0, 0.1) is 5.82 Å². The highest BCUT2D eigenvalue weighted by Gasteiger charge is 2.37. The Morgan fingerprint density at radius 1 is 1.23 bits per heavy atom. The van der Waals surface area contributed by atoms with Crippen molar-refractivity contribution in [1.82, 2.24) is 4.90 Å². The van der Waals surface area contributed by atoms with E-state index in [1.165, 1.54) is 24.1 Å². The molecular formula is C22H21ClFNO4S. The third-order valence-corrected chi connectivity index (χ3v) is 5.87. The fourth-order valence-corrected chi connectivity index (χ4v) is 4.10. The summed E-state index contributed by atoms with van der Waals surface area (Å²) >= 11 is 7.30. The number of carbonyl (C=O) groups excluding carboxylic acids is 2. The van der Waals surface area contributed by atoms with E-state index < -0.39 is 0 Å². The van der Waals surface area contributed by atoms with Gasteiger partial charge in [0, 0.05) is 6.04 Å². The number of amides is 2. The average Bonchev–Trinajstić information content (AvgIpc) is 3.00. The van der Waals surface area contributed by atoms with Gasteiger partial charge >= 0.3 is 0 Å². The molecule has 0 saturated carbocycles. The van der Waals surface area contributed by atoms with E-state index in [-0.39, 0.29) is 29.6 Å². The van der Waals surface area contributed by atoms with Gasteiger partial charge in [0.05, 0.1) is 17.0 Å². The maximum absolute atomic E-state index is 13.0. The topological polar surface area (TPSA) is 55.8 Å². The van der Waals surface area contributed by atoms with Crippen molar-refractivity contribution in [2.45, 2.75) is 32.9 Å². The molecule has 1 saturated heterocycles. The van der Waals surface area contributed by atoms with Gasteiger partial charge in [0.2, 0.25) is 0 Å². The first-order chi connectivity index (χ1) is 14.3. The van der Waals surface area contributed by atoms with Crippen molar-refractivity contribution >= 4 is 40.6 Å². The number of methoxy groups -OCH3 is 1. The molecule has 1 fully saturated rings. The van der Waals surface area contributed by atoms with E-state index in [0.29, 0.717) is 33.4 Å². The van der Waals surface area contributed by atoms with Crippen LogP contribution in [-0.4, -0.2) is 29.2 Å². The number of ether oxygens (including phenoxy) is 2. The Hall–Kier alpha value is -2.51. The molecule has 0 unspecified atom stereocenters. The van der Waals surface area contributed by atoms with Crippen molar-refractivity contribution in [3.05, 3.63) is 63.3 Å². The highest BCUT2D eigenvalue weighted by atomic mass is 35.5. The van der Waals surface area contributed by atoms with Gasteiger partial charge in [-0.15, -0.1) is 0 Å². The lowest BCUT2D eigenvalue weighted by molar-refractivity contribution is -0.124. The minimum Gasteiger partial charge on any atom is -0.493 e. The number of thioether (sulfide) groups is 1. The monoisotopic (exact) mass is 449 g/mol. The molecule has 8 heteroatoms. The van der Waals surface area contributed by atoms with E-state index in [4.69, 9.17) is 21.1 Å². The van der Waals surface area contributed by atoms with Gasteiger partial charge in [-0.05, 0) is 66.6 Å². The number of hydrogen-bond donors (Lipinski definition) is 0. The smallest absolute Gasteiger partial charge is 0.293 e. The van der Waals surface area contributed by atoms with Crippen LogP contribution in [0.4, 0.5) is 9.18 Å². The second-order valence-electron chi connectivity index (χ2n) is 6.76. The minimum absolute atomic E-state index is 0.163. The molecule has 2 aromatic rings. The molecule has 2 aromatic carbocycles. The van der Waals surface area contributed by atoms with E-state index >= 15 is 0 Å². The van der Waals surface area contributed by atoms with E-state index in [1.54, 1.807) is 30.3 Å². The van der Waals surface area contributed by atoms with Crippen molar-refractivity contribution in [2.75, 3.05) is 7.11 Å². The lowest BCUT2D eigenvalue weighted by Crippen LogP contribution is -2.36. The number of imide groups is 1. The molecule has 1 aliphatic rings. The molecule has 0 radical (unpaired) electrons. The van der Waals surface area contributed by atoms with Crippen LogP contribution in [0.1, 0.15) is 31.4 Å². The Morgan fingerprint density at radius 3 is 2.57 bits per heavy atom. The number of halogens is 2. The number of carbonyl (C=O) groups is 2. The zero-order valence-corrected chi connectivity index (χ0v) is 18.3. The molecule has 1 aliphatic heterocycles. The largest absolute Gasteiger partial charge is 0.493 e. The van der Waals surface area contributed by atoms with Crippen molar-refractivity contribution in [1.29, 1.82) is 0 Å². The lowest BCUT2D eigenvalue weighted by atomic mass is 10.1. The van der Waals surface area contributed by atoms with E-state index in [9.17, 15) is 14.0 Å². The second kappa shape index (κ2) is 9.53. The molecule has 1 atom stereocenters. The van der Waals surface area contributed by atoms with E-state index in [2.05, 4.69) is 0 Å². The van der Waals surface area contributed by atoms with Crippen molar-refractivity contribution in [3.63, 3.8) is 0 Å². The van der Waals surface area contributed by atoms with Gasteiger partial charge in [-0.3, -0.25) is 14.5 Å². The number of benzene rings is 2. The first-order valence-electron chi connectivity index (χ1n) is 9.35. The molecule has 2 amide bonds. The Kier molecular flexibility index (Phi) is 7.05. The molecule has 5 nitrogen and oxygen atoms in total. The summed E-state index contributed by atoms with van der Waals surface area (Å²) in [5.41, 5.74) is 1.39. The number of nitrogens with zero attached hydrogens (tertiary/aromatic N) is 1. The first kappa shape index (κ1) is 22.2. The summed E-state index contributed by atoms with van der Waals surface area (Å²) in [4.78, 5) is 26.4. The standard InChI is InChI=1S/C22H21ClFNO4S/c1-4-13(2)25-21(26)19(30-22(25)27)11-15-9-17(23)20(18(10-15)28-3)29-12-14-5-7-16(24)8-6-14/h5-11,13H,4,12H2,1-3H3/b19-11+/t13-/m1/s1. The summed E-state index contributed by atoms with van der Waals surface area (Å²) in [6.45, 7) is 3.95. The van der Waals surface area contributed by atoms with Crippen molar-refractivity contribution in [3.8, 4) is 11.5 Å². The lowest BCUT2D eigenvalue weighted by Gasteiger charge is -2.19. The van der Waals surface area contributed by atoms with Gasteiger partial charge in [-0.1, -0.05) is 30.7 Å². The Labute approximate surface area is 183 Å². The fourth-order valence-electron chi connectivity index (χ4n) is 2.89. The molecule has 0 N–H and O–H groups in total.